The molecule has 9 heteroatoms. The van der Waals surface area contributed by atoms with E-state index in [-0.39, 0.29) is 5.69 Å². The maximum absolute atomic E-state index is 13.0. The molecule has 0 saturated carbocycles. The first-order valence-electron chi connectivity index (χ1n) is 7.36. The summed E-state index contributed by atoms with van der Waals surface area (Å²) < 4.78 is 53.3. The molecule has 0 bridgehead atoms. The van der Waals surface area contributed by atoms with Gasteiger partial charge in [0.05, 0.1) is 23.3 Å². The standard InChI is InChI=1S/C17H12F4N4O/c18-12-2-4-13(5-3-12)23-16(26)24-14-9-11(17(19,20)21)1-6-15(14)25-8-7-22-10-25/h1-10H,(H2,23,24,26). The minimum Gasteiger partial charge on any atom is -0.308 e. The molecule has 0 atom stereocenters. The van der Waals surface area contributed by atoms with Gasteiger partial charge in [0.2, 0.25) is 0 Å². The number of imidazole rings is 1. The van der Waals surface area contributed by atoms with E-state index in [0.717, 1.165) is 24.3 Å². The summed E-state index contributed by atoms with van der Waals surface area (Å²) in [6, 6.07) is 7.18. The molecule has 0 aliphatic rings. The number of nitrogens with zero attached hydrogens (tertiary/aromatic N) is 2. The third-order valence-electron chi connectivity index (χ3n) is 3.46. The zero-order valence-electron chi connectivity index (χ0n) is 13.1. The first-order valence-corrected chi connectivity index (χ1v) is 7.36. The zero-order valence-corrected chi connectivity index (χ0v) is 13.1. The van der Waals surface area contributed by atoms with Crippen LogP contribution in [0.2, 0.25) is 0 Å². The SMILES string of the molecule is O=C(Nc1ccc(F)cc1)Nc1cc(C(F)(F)F)ccc1-n1ccnc1. The minimum atomic E-state index is -4.56. The van der Waals surface area contributed by atoms with Crippen LogP contribution in [0.25, 0.3) is 5.69 Å². The molecule has 5 nitrogen and oxygen atoms in total. The monoisotopic (exact) mass is 364 g/mol. The van der Waals surface area contributed by atoms with Crippen molar-refractivity contribution in [3.05, 3.63) is 72.6 Å². The summed E-state index contributed by atoms with van der Waals surface area (Å²) in [4.78, 5) is 16.0. The number of amides is 2. The fourth-order valence-electron chi connectivity index (χ4n) is 2.26. The smallest absolute Gasteiger partial charge is 0.308 e. The normalized spacial score (nSPS) is 11.2. The highest BCUT2D eigenvalue weighted by molar-refractivity contribution is 6.01. The zero-order chi connectivity index (χ0) is 18.7. The van der Waals surface area contributed by atoms with Gasteiger partial charge >= 0.3 is 12.2 Å². The molecule has 0 radical (unpaired) electrons. The molecule has 0 unspecified atom stereocenters. The molecule has 3 rings (SSSR count). The van der Waals surface area contributed by atoms with Crippen LogP contribution in [0.15, 0.2) is 61.2 Å². The molecule has 134 valence electrons. The molecule has 0 saturated heterocycles. The van der Waals surface area contributed by atoms with Gasteiger partial charge in [0.25, 0.3) is 0 Å². The highest BCUT2D eigenvalue weighted by Gasteiger charge is 2.31. The van der Waals surface area contributed by atoms with E-state index in [4.69, 9.17) is 0 Å². The third kappa shape index (κ3) is 4.00. The van der Waals surface area contributed by atoms with Crippen LogP contribution in [0.3, 0.4) is 0 Å². The molecular weight excluding hydrogens is 352 g/mol. The van der Waals surface area contributed by atoms with Gasteiger partial charge in [0.1, 0.15) is 5.82 Å². The Bertz CT molecular complexity index is 906. The van der Waals surface area contributed by atoms with Crippen LogP contribution in [0, 0.1) is 5.82 Å². The van der Waals surface area contributed by atoms with Crippen LogP contribution in [0.1, 0.15) is 5.56 Å². The number of carbonyl (C=O) groups is 1. The second-order valence-electron chi connectivity index (χ2n) is 5.29. The average Bonchev–Trinajstić information content (AvgIpc) is 3.10. The van der Waals surface area contributed by atoms with Crippen molar-refractivity contribution in [2.75, 3.05) is 10.6 Å². The number of halogens is 4. The van der Waals surface area contributed by atoms with Crippen LogP contribution in [-0.4, -0.2) is 15.6 Å². The number of aromatic nitrogens is 2. The van der Waals surface area contributed by atoms with E-state index in [1.165, 1.54) is 41.5 Å². The quantitative estimate of drug-likeness (QED) is 0.664. The lowest BCUT2D eigenvalue weighted by molar-refractivity contribution is -0.137. The molecule has 0 spiro atoms. The Hall–Kier alpha value is -3.36. The summed E-state index contributed by atoms with van der Waals surface area (Å²) >= 11 is 0. The highest BCUT2D eigenvalue weighted by atomic mass is 19.4. The molecule has 26 heavy (non-hydrogen) atoms. The van der Waals surface area contributed by atoms with Crippen LogP contribution in [0.4, 0.5) is 33.7 Å². The lowest BCUT2D eigenvalue weighted by atomic mass is 10.1. The summed E-state index contributed by atoms with van der Waals surface area (Å²) in [5, 5.41) is 4.81. The first-order chi connectivity index (χ1) is 12.3. The molecule has 2 amide bonds. The molecule has 1 heterocycles. The Morgan fingerprint density at radius 1 is 1.04 bits per heavy atom. The number of benzene rings is 2. The van der Waals surface area contributed by atoms with Crippen LogP contribution >= 0.6 is 0 Å². The van der Waals surface area contributed by atoms with Crippen molar-refractivity contribution in [2.45, 2.75) is 6.18 Å². The van der Waals surface area contributed by atoms with Crippen molar-refractivity contribution >= 4 is 17.4 Å². The summed E-state index contributed by atoms with van der Waals surface area (Å²) in [5.74, 6) is -0.476. The van der Waals surface area contributed by atoms with E-state index in [2.05, 4.69) is 15.6 Å². The topological polar surface area (TPSA) is 59.0 Å². The summed E-state index contributed by atoms with van der Waals surface area (Å²) in [7, 11) is 0. The van der Waals surface area contributed by atoms with E-state index in [1.807, 2.05) is 0 Å². The first kappa shape index (κ1) is 17.5. The maximum Gasteiger partial charge on any atom is 0.416 e. The average molecular weight is 364 g/mol. The third-order valence-corrected chi connectivity index (χ3v) is 3.46. The molecule has 0 fully saturated rings. The Kier molecular flexibility index (Phi) is 4.61. The van der Waals surface area contributed by atoms with Crippen molar-refractivity contribution < 1.29 is 22.4 Å². The van der Waals surface area contributed by atoms with Crippen molar-refractivity contribution in [1.82, 2.24) is 9.55 Å². The van der Waals surface area contributed by atoms with Gasteiger partial charge in [0, 0.05) is 18.1 Å². The van der Waals surface area contributed by atoms with Gasteiger partial charge in [-0.3, -0.25) is 0 Å². The molecular formula is C17H12F4N4O. The van der Waals surface area contributed by atoms with Gasteiger partial charge in [-0.15, -0.1) is 0 Å². The van der Waals surface area contributed by atoms with Crippen LogP contribution < -0.4 is 10.6 Å². The van der Waals surface area contributed by atoms with E-state index in [1.54, 1.807) is 0 Å². The fraction of sp³-hybridized carbons (Fsp3) is 0.0588. The van der Waals surface area contributed by atoms with E-state index < -0.39 is 23.6 Å². The summed E-state index contributed by atoms with van der Waals surface area (Å²) in [6.45, 7) is 0. The predicted molar refractivity (Wildman–Crippen MR) is 87.6 cm³/mol. The number of alkyl halides is 3. The fourth-order valence-corrected chi connectivity index (χ4v) is 2.26. The number of hydrogen-bond acceptors (Lipinski definition) is 2. The summed E-state index contributed by atoms with van der Waals surface area (Å²) in [5.41, 5.74) is -0.360. The van der Waals surface area contributed by atoms with Crippen molar-refractivity contribution in [3.63, 3.8) is 0 Å². The van der Waals surface area contributed by atoms with Gasteiger partial charge in [-0.2, -0.15) is 13.2 Å². The van der Waals surface area contributed by atoms with E-state index in [9.17, 15) is 22.4 Å². The van der Waals surface area contributed by atoms with E-state index >= 15 is 0 Å². The molecule has 3 aromatic rings. The van der Waals surface area contributed by atoms with Gasteiger partial charge in [-0.25, -0.2) is 14.2 Å². The number of rotatable bonds is 3. The lowest BCUT2D eigenvalue weighted by Crippen LogP contribution is -2.21. The number of anilines is 2. The Morgan fingerprint density at radius 2 is 1.77 bits per heavy atom. The van der Waals surface area contributed by atoms with Crippen LogP contribution in [0.5, 0.6) is 0 Å². The van der Waals surface area contributed by atoms with Crippen LogP contribution in [-0.2, 0) is 6.18 Å². The van der Waals surface area contributed by atoms with Gasteiger partial charge < -0.3 is 15.2 Å². The Balaban J connectivity index is 1.88. The van der Waals surface area contributed by atoms with Crippen molar-refractivity contribution in [2.24, 2.45) is 0 Å². The second-order valence-corrected chi connectivity index (χ2v) is 5.29. The summed E-state index contributed by atoms with van der Waals surface area (Å²) in [6.07, 6.45) is -0.172. The number of hydrogen-bond donors (Lipinski definition) is 2. The lowest BCUT2D eigenvalue weighted by Gasteiger charge is -2.15. The van der Waals surface area contributed by atoms with Gasteiger partial charge in [0.15, 0.2) is 0 Å². The number of nitrogens with one attached hydrogen (secondary N) is 2. The molecule has 0 aliphatic heterocycles. The molecule has 0 aliphatic carbocycles. The van der Waals surface area contributed by atoms with Crippen molar-refractivity contribution in [1.29, 1.82) is 0 Å². The van der Waals surface area contributed by atoms with Crippen molar-refractivity contribution in [3.8, 4) is 5.69 Å². The Morgan fingerprint density at radius 3 is 2.38 bits per heavy atom. The predicted octanol–water partition coefficient (Wildman–Crippen LogP) is 4.67. The largest absolute Gasteiger partial charge is 0.416 e. The highest BCUT2D eigenvalue weighted by Crippen LogP contribution is 2.33. The number of urea groups is 1. The molecule has 2 aromatic carbocycles. The van der Waals surface area contributed by atoms with Gasteiger partial charge in [-0.1, -0.05) is 0 Å². The van der Waals surface area contributed by atoms with Gasteiger partial charge in [-0.05, 0) is 42.5 Å². The number of carbonyl (C=O) groups excluding carboxylic acids is 1. The minimum absolute atomic E-state index is 0.0579. The van der Waals surface area contributed by atoms with E-state index in [0.29, 0.717) is 11.4 Å². The second kappa shape index (κ2) is 6.87. The maximum atomic E-state index is 13.0. The Labute approximate surface area is 145 Å². The molecule has 1 aromatic heterocycles. The molecule has 2 N–H and O–H groups in total.